The molecule has 0 bridgehead atoms. The monoisotopic (exact) mass is 226 g/mol. The zero-order valence-corrected chi connectivity index (χ0v) is 9.37. The lowest BCUT2D eigenvalue weighted by Gasteiger charge is -2.32. The lowest BCUT2D eigenvalue weighted by molar-refractivity contribution is 0.0635. The molecule has 1 saturated heterocycles. The first-order valence-corrected chi connectivity index (χ1v) is 5.62. The van der Waals surface area contributed by atoms with Crippen molar-refractivity contribution in [3.05, 3.63) is 23.9 Å². The van der Waals surface area contributed by atoms with Gasteiger partial charge in [0, 0.05) is 25.2 Å². The summed E-state index contributed by atoms with van der Waals surface area (Å²) in [6.07, 6.45) is 0.766. The van der Waals surface area contributed by atoms with Crippen molar-refractivity contribution in [3.63, 3.8) is 0 Å². The van der Waals surface area contributed by atoms with Crippen molar-refractivity contribution in [2.45, 2.75) is 26.2 Å². The number of nitrogens with zero attached hydrogens (tertiary/aromatic N) is 2. The summed E-state index contributed by atoms with van der Waals surface area (Å²) >= 11 is 0. The van der Waals surface area contributed by atoms with Crippen LogP contribution in [0.2, 0.25) is 0 Å². The predicted molar refractivity (Wildman–Crippen MR) is 59.9 cm³/mol. The maximum atomic E-state index is 12.5. The molecule has 0 atom stereocenters. The van der Waals surface area contributed by atoms with Crippen molar-refractivity contribution in [3.8, 4) is 0 Å². The molecule has 0 radical (unpaired) electrons. The number of hydrogen-bond acceptors (Lipinski definition) is 2. The molecule has 0 aliphatic carbocycles. The van der Waals surface area contributed by atoms with E-state index in [0.29, 0.717) is 25.9 Å². The van der Waals surface area contributed by atoms with E-state index in [4.69, 9.17) is 0 Å². The highest BCUT2D eigenvalue weighted by Gasteiger charge is 2.26. The zero-order valence-electron chi connectivity index (χ0n) is 9.37. The van der Waals surface area contributed by atoms with Crippen molar-refractivity contribution < 1.29 is 8.78 Å². The molecule has 4 heteroatoms. The van der Waals surface area contributed by atoms with E-state index in [9.17, 15) is 8.78 Å². The number of pyridine rings is 1. The van der Waals surface area contributed by atoms with Crippen LogP contribution in [0.15, 0.2) is 18.3 Å². The fraction of sp³-hybridized carbons (Fsp3) is 0.583. The van der Waals surface area contributed by atoms with Crippen LogP contribution in [0.3, 0.4) is 0 Å². The van der Waals surface area contributed by atoms with Gasteiger partial charge in [0.15, 0.2) is 0 Å². The van der Waals surface area contributed by atoms with Crippen LogP contribution in [0.4, 0.5) is 14.6 Å². The molecule has 0 aromatic carbocycles. The van der Waals surface area contributed by atoms with Crippen LogP contribution in [-0.4, -0.2) is 24.5 Å². The zero-order chi connectivity index (χ0) is 11.5. The Balaban J connectivity index is 1.96. The van der Waals surface area contributed by atoms with Crippen LogP contribution < -0.4 is 4.90 Å². The van der Waals surface area contributed by atoms with E-state index in [1.165, 1.54) is 0 Å². The lowest BCUT2D eigenvalue weighted by Crippen LogP contribution is -2.36. The SMILES string of the molecule is Cc1ccc(N2CCC(C(F)F)CC2)nc1. The summed E-state index contributed by atoms with van der Waals surface area (Å²) in [5.41, 5.74) is 1.12. The Hall–Kier alpha value is -1.19. The van der Waals surface area contributed by atoms with Crippen LogP contribution in [-0.2, 0) is 0 Å². The van der Waals surface area contributed by atoms with Gasteiger partial charge in [0.2, 0.25) is 6.43 Å². The molecule has 2 nitrogen and oxygen atoms in total. The number of aryl methyl sites for hydroxylation is 1. The van der Waals surface area contributed by atoms with E-state index in [1.807, 2.05) is 25.3 Å². The van der Waals surface area contributed by atoms with Gasteiger partial charge in [0.1, 0.15) is 5.82 Å². The summed E-state index contributed by atoms with van der Waals surface area (Å²) in [5.74, 6) is 0.472. The smallest absolute Gasteiger partial charge is 0.241 e. The number of hydrogen-bond donors (Lipinski definition) is 0. The van der Waals surface area contributed by atoms with Gasteiger partial charge in [-0.15, -0.1) is 0 Å². The fourth-order valence-electron chi connectivity index (χ4n) is 2.03. The van der Waals surface area contributed by atoms with Crippen LogP contribution in [0, 0.1) is 12.8 Å². The van der Waals surface area contributed by atoms with Gasteiger partial charge in [-0.25, -0.2) is 13.8 Å². The molecule has 1 fully saturated rings. The second-order valence-corrected chi connectivity index (χ2v) is 4.35. The first kappa shape index (κ1) is 11.3. The van der Waals surface area contributed by atoms with Gasteiger partial charge in [-0.2, -0.15) is 0 Å². The maximum absolute atomic E-state index is 12.5. The average Bonchev–Trinajstić information content (AvgIpc) is 2.30. The highest BCUT2D eigenvalue weighted by molar-refractivity contribution is 5.39. The summed E-state index contributed by atoms with van der Waals surface area (Å²) in [6, 6.07) is 3.96. The minimum atomic E-state index is -2.17. The van der Waals surface area contributed by atoms with Crippen molar-refractivity contribution in [1.82, 2.24) is 4.98 Å². The molecular weight excluding hydrogens is 210 g/mol. The summed E-state index contributed by atoms with van der Waals surface area (Å²) < 4.78 is 24.9. The Morgan fingerprint density at radius 3 is 2.50 bits per heavy atom. The molecule has 0 spiro atoms. The largest absolute Gasteiger partial charge is 0.357 e. The minimum Gasteiger partial charge on any atom is -0.357 e. The van der Waals surface area contributed by atoms with E-state index in [0.717, 1.165) is 11.4 Å². The Bertz CT molecular complexity index is 329. The second kappa shape index (κ2) is 4.76. The third kappa shape index (κ3) is 2.49. The molecule has 88 valence electrons. The van der Waals surface area contributed by atoms with Gasteiger partial charge < -0.3 is 4.90 Å². The highest BCUT2D eigenvalue weighted by atomic mass is 19.3. The molecule has 0 amide bonds. The molecule has 2 heterocycles. The summed E-state index contributed by atoms with van der Waals surface area (Å²) in [7, 11) is 0. The van der Waals surface area contributed by atoms with E-state index in [2.05, 4.69) is 9.88 Å². The van der Waals surface area contributed by atoms with Crippen molar-refractivity contribution in [2.24, 2.45) is 5.92 Å². The van der Waals surface area contributed by atoms with E-state index in [-0.39, 0.29) is 0 Å². The van der Waals surface area contributed by atoms with Gasteiger partial charge in [-0.05, 0) is 31.4 Å². The Morgan fingerprint density at radius 1 is 1.31 bits per heavy atom. The van der Waals surface area contributed by atoms with Crippen molar-refractivity contribution in [2.75, 3.05) is 18.0 Å². The first-order valence-electron chi connectivity index (χ1n) is 5.62. The number of alkyl halides is 2. The van der Waals surface area contributed by atoms with Crippen LogP contribution >= 0.6 is 0 Å². The number of piperidine rings is 1. The summed E-state index contributed by atoms with van der Waals surface area (Å²) in [4.78, 5) is 6.39. The maximum Gasteiger partial charge on any atom is 0.241 e. The Labute approximate surface area is 94.3 Å². The standard InChI is InChI=1S/C12H16F2N2/c1-9-2-3-11(15-8-9)16-6-4-10(5-7-16)12(13)14/h2-3,8,10,12H,4-7H2,1H3. The second-order valence-electron chi connectivity index (χ2n) is 4.35. The summed E-state index contributed by atoms with van der Waals surface area (Å²) in [5, 5.41) is 0. The molecular formula is C12H16F2N2. The Kier molecular flexibility index (Phi) is 3.36. The van der Waals surface area contributed by atoms with E-state index < -0.39 is 12.3 Å². The Morgan fingerprint density at radius 2 is 2.00 bits per heavy atom. The third-order valence-electron chi connectivity index (χ3n) is 3.12. The van der Waals surface area contributed by atoms with Crippen LogP contribution in [0.25, 0.3) is 0 Å². The summed E-state index contributed by atoms with van der Waals surface area (Å²) in [6.45, 7) is 3.36. The number of rotatable bonds is 2. The molecule has 0 saturated carbocycles. The normalized spacial score (nSPS) is 18.1. The number of aromatic nitrogens is 1. The van der Waals surface area contributed by atoms with Gasteiger partial charge in [-0.1, -0.05) is 6.07 Å². The predicted octanol–water partition coefficient (Wildman–Crippen LogP) is 2.87. The van der Waals surface area contributed by atoms with E-state index >= 15 is 0 Å². The van der Waals surface area contributed by atoms with Crippen molar-refractivity contribution in [1.29, 1.82) is 0 Å². The third-order valence-corrected chi connectivity index (χ3v) is 3.12. The topological polar surface area (TPSA) is 16.1 Å². The minimum absolute atomic E-state index is 0.429. The van der Waals surface area contributed by atoms with Crippen LogP contribution in [0.5, 0.6) is 0 Å². The molecule has 2 rings (SSSR count). The first-order chi connectivity index (χ1) is 7.66. The molecule has 16 heavy (non-hydrogen) atoms. The molecule has 0 unspecified atom stereocenters. The van der Waals surface area contributed by atoms with Gasteiger partial charge in [0.05, 0.1) is 0 Å². The van der Waals surface area contributed by atoms with Gasteiger partial charge in [0.25, 0.3) is 0 Å². The fourth-order valence-corrected chi connectivity index (χ4v) is 2.03. The van der Waals surface area contributed by atoms with Crippen molar-refractivity contribution >= 4 is 5.82 Å². The molecule has 1 aromatic rings. The molecule has 1 aliphatic rings. The molecule has 1 aromatic heterocycles. The quantitative estimate of drug-likeness (QED) is 0.770. The highest BCUT2D eigenvalue weighted by Crippen LogP contribution is 2.26. The average molecular weight is 226 g/mol. The van der Waals surface area contributed by atoms with Gasteiger partial charge in [-0.3, -0.25) is 0 Å². The number of halogens is 2. The number of anilines is 1. The van der Waals surface area contributed by atoms with Crippen LogP contribution in [0.1, 0.15) is 18.4 Å². The molecule has 1 aliphatic heterocycles. The molecule has 0 N–H and O–H groups in total. The lowest BCUT2D eigenvalue weighted by atomic mass is 9.97. The van der Waals surface area contributed by atoms with E-state index in [1.54, 1.807) is 0 Å². The van der Waals surface area contributed by atoms with Gasteiger partial charge >= 0.3 is 0 Å².